The van der Waals surface area contributed by atoms with Crippen LogP contribution in [0.1, 0.15) is 21.6 Å². The Bertz CT molecular complexity index is 1190. The summed E-state index contributed by atoms with van der Waals surface area (Å²) >= 11 is 3.61. The van der Waals surface area contributed by atoms with Crippen molar-refractivity contribution in [1.29, 1.82) is 0 Å². The average Bonchev–Trinajstić information content (AvgIpc) is 3.14. The molecule has 0 spiro atoms. The summed E-state index contributed by atoms with van der Waals surface area (Å²) in [5, 5.41) is 1.17. The molecule has 1 N–H and O–H groups in total. The molecule has 29 heavy (non-hydrogen) atoms. The van der Waals surface area contributed by atoms with Gasteiger partial charge in [-0.1, -0.05) is 12.1 Å². The fourth-order valence-electron chi connectivity index (χ4n) is 3.77. The van der Waals surface area contributed by atoms with Gasteiger partial charge in [-0.3, -0.25) is 9.78 Å². The number of carbonyl (C=O) groups excluding carboxylic acids is 1. The summed E-state index contributed by atoms with van der Waals surface area (Å²) in [6.07, 6.45) is 4.18. The van der Waals surface area contributed by atoms with Crippen LogP contribution in [0.25, 0.3) is 10.9 Å². The lowest BCUT2D eigenvalue weighted by Gasteiger charge is -2.27. The van der Waals surface area contributed by atoms with E-state index in [0.717, 1.165) is 16.4 Å². The molecule has 2 aromatic heterocycles. The predicted octanol–water partition coefficient (Wildman–Crippen LogP) is 5.32. The largest absolute Gasteiger partial charge is 0.456 e. The van der Waals surface area contributed by atoms with Crippen LogP contribution in [-0.4, -0.2) is 27.3 Å². The van der Waals surface area contributed by atoms with Crippen molar-refractivity contribution >= 4 is 32.7 Å². The van der Waals surface area contributed by atoms with Crippen LogP contribution in [0.2, 0.25) is 0 Å². The lowest BCUT2D eigenvalue weighted by Crippen LogP contribution is -2.35. The molecule has 0 atom stereocenters. The van der Waals surface area contributed by atoms with E-state index in [1.165, 1.54) is 16.6 Å². The number of carbonyl (C=O) groups is 1. The lowest BCUT2D eigenvalue weighted by atomic mass is 10.0. The van der Waals surface area contributed by atoms with Gasteiger partial charge < -0.3 is 14.6 Å². The number of ether oxygens (including phenoxy) is 1. The van der Waals surface area contributed by atoms with Gasteiger partial charge in [-0.2, -0.15) is 0 Å². The molecule has 5 nitrogen and oxygen atoms in total. The van der Waals surface area contributed by atoms with Crippen LogP contribution >= 0.6 is 15.9 Å². The van der Waals surface area contributed by atoms with Crippen LogP contribution in [0.4, 0.5) is 0 Å². The number of aromatic amines is 1. The summed E-state index contributed by atoms with van der Waals surface area (Å²) in [7, 11) is 0. The normalized spacial score (nSPS) is 13.3. The molecule has 2 aromatic carbocycles. The van der Waals surface area contributed by atoms with Gasteiger partial charge >= 0.3 is 0 Å². The molecule has 144 valence electrons. The Morgan fingerprint density at radius 3 is 2.72 bits per heavy atom. The zero-order chi connectivity index (χ0) is 19.8. The van der Waals surface area contributed by atoms with Crippen molar-refractivity contribution < 1.29 is 9.53 Å². The number of benzene rings is 2. The molecule has 5 rings (SSSR count). The second-order valence-electron chi connectivity index (χ2n) is 7.04. The summed E-state index contributed by atoms with van der Waals surface area (Å²) < 4.78 is 6.81. The first-order valence-corrected chi connectivity index (χ1v) is 10.2. The number of rotatable bonds is 3. The molecule has 1 aliphatic heterocycles. The van der Waals surface area contributed by atoms with E-state index in [9.17, 15) is 4.79 Å². The second kappa shape index (κ2) is 7.37. The topological polar surface area (TPSA) is 58.2 Å². The Morgan fingerprint density at radius 2 is 1.93 bits per heavy atom. The van der Waals surface area contributed by atoms with Crippen molar-refractivity contribution in [3.8, 4) is 11.5 Å². The Balaban J connectivity index is 1.35. The van der Waals surface area contributed by atoms with Crippen LogP contribution in [0.15, 0.2) is 71.5 Å². The first-order chi connectivity index (χ1) is 14.2. The number of H-pyrrole nitrogens is 1. The standard InChI is InChI=1S/C23H18BrN3O2/c24-20-5-1-4-18-19-14-27(12-10-21(19)26-22(18)20)23(28)15-6-8-16(9-7-15)29-17-3-2-11-25-13-17/h1-9,11,13,26H,10,12,14H2. The number of nitrogens with one attached hydrogen (secondary N) is 1. The average molecular weight is 448 g/mol. The summed E-state index contributed by atoms with van der Waals surface area (Å²) in [6, 6.07) is 17.1. The molecular formula is C23H18BrN3O2. The molecule has 4 aromatic rings. The van der Waals surface area contributed by atoms with Gasteiger partial charge in [0.25, 0.3) is 5.91 Å². The number of fused-ring (bicyclic) bond motifs is 3. The minimum atomic E-state index is 0.0351. The molecule has 0 unspecified atom stereocenters. The molecule has 0 radical (unpaired) electrons. The number of hydrogen-bond acceptors (Lipinski definition) is 3. The van der Waals surface area contributed by atoms with Crippen LogP contribution < -0.4 is 4.74 Å². The number of hydrogen-bond donors (Lipinski definition) is 1. The zero-order valence-corrected chi connectivity index (χ0v) is 17.1. The molecule has 3 heterocycles. The van der Waals surface area contributed by atoms with Crippen LogP contribution in [0.5, 0.6) is 11.5 Å². The quantitative estimate of drug-likeness (QED) is 0.462. The zero-order valence-electron chi connectivity index (χ0n) is 15.6. The van der Waals surface area contributed by atoms with Gasteiger partial charge in [-0.15, -0.1) is 0 Å². The first-order valence-electron chi connectivity index (χ1n) is 9.44. The number of aromatic nitrogens is 2. The van der Waals surface area contributed by atoms with E-state index in [4.69, 9.17) is 4.74 Å². The highest BCUT2D eigenvalue weighted by Gasteiger charge is 2.25. The van der Waals surface area contributed by atoms with Gasteiger partial charge in [-0.25, -0.2) is 0 Å². The molecule has 0 aliphatic carbocycles. The number of halogens is 1. The van der Waals surface area contributed by atoms with E-state index in [0.29, 0.717) is 30.2 Å². The lowest BCUT2D eigenvalue weighted by molar-refractivity contribution is 0.0735. The minimum Gasteiger partial charge on any atom is -0.456 e. The fourth-order valence-corrected chi connectivity index (χ4v) is 4.23. The van der Waals surface area contributed by atoms with Crippen molar-refractivity contribution in [1.82, 2.24) is 14.9 Å². The van der Waals surface area contributed by atoms with Crippen LogP contribution in [0.3, 0.4) is 0 Å². The van der Waals surface area contributed by atoms with Gasteiger partial charge in [0.05, 0.1) is 11.7 Å². The Hall–Kier alpha value is -3.12. The second-order valence-corrected chi connectivity index (χ2v) is 7.89. The smallest absolute Gasteiger partial charge is 0.254 e. The highest BCUT2D eigenvalue weighted by Crippen LogP contribution is 2.32. The molecule has 0 saturated heterocycles. The molecular weight excluding hydrogens is 430 g/mol. The summed E-state index contributed by atoms with van der Waals surface area (Å²) in [5.41, 5.74) is 4.19. The first kappa shape index (κ1) is 17.9. The Morgan fingerprint density at radius 1 is 1.07 bits per heavy atom. The molecule has 0 saturated carbocycles. The third-order valence-corrected chi connectivity index (χ3v) is 5.88. The predicted molar refractivity (Wildman–Crippen MR) is 115 cm³/mol. The third-order valence-electron chi connectivity index (χ3n) is 5.22. The summed E-state index contributed by atoms with van der Waals surface area (Å²) in [4.78, 5) is 22.5. The fraction of sp³-hybridized carbons (Fsp3) is 0.130. The van der Waals surface area contributed by atoms with E-state index in [1.807, 2.05) is 53.4 Å². The van der Waals surface area contributed by atoms with Crippen molar-refractivity contribution in [2.24, 2.45) is 0 Å². The van der Waals surface area contributed by atoms with Crippen molar-refractivity contribution in [3.05, 3.63) is 88.3 Å². The minimum absolute atomic E-state index is 0.0351. The van der Waals surface area contributed by atoms with Crippen molar-refractivity contribution in [2.75, 3.05) is 6.54 Å². The maximum Gasteiger partial charge on any atom is 0.254 e. The van der Waals surface area contributed by atoms with Crippen LogP contribution in [-0.2, 0) is 13.0 Å². The highest BCUT2D eigenvalue weighted by atomic mass is 79.9. The van der Waals surface area contributed by atoms with Crippen LogP contribution in [0, 0.1) is 0 Å². The van der Waals surface area contributed by atoms with Crippen molar-refractivity contribution in [3.63, 3.8) is 0 Å². The van der Waals surface area contributed by atoms with Gasteiger partial charge in [0.2, 0.25) is 0 Å². The number of pyridine rings is 1. The van der Waals surface area contributed by atoms with Gasteiger partial charge in [-0.05, 0) is 58.4 Å². The molecule has 0 fully saturated rings. The maximum atomic E-state index is 13.1. The van der Waals surface area contributed by atoms with Gasteiger partial charge in [0.15, 0.2) is 0 Å². The van der Waals surface area contributed by atoms with E-state index in [2.05, 4.69) is 32.0 Å². The Kier molecular flexibility index (Phi) is 4.56. The number of nitrogens with zero attached hydrogens (tertiary/aromatic N) is 2. The molecule has 1 amide bonds. The van der Waals surface area contributed by atoms with Gasteiger partial charge in [0, 0.05) is 52.4 Å². The SMILES string of the molecule is O=C(c1ccc(Oc2cccnc2)cc1)N1CCc2[nH]c3c(Br)cccc3c2C1. The van der Waals surface area contributed by atoms with Gasteiger partial charge in [0.1, 0.15) is 11.5 Å². The maximum absolute atomic E-state index is 13.1. The van der Waals surface area contributed by atoms with E-state index in [-0.39, 0.29) is 5.91 Å². The molecule has 6 heteroatoms. The van der Waals surface area contributed by atoms with E-state index >= 15 is 0 Å². The number of para-hydroxylation sites is 1. The summed E-state index contributed by atoms with van der Waals surface area (Å²) in [5.74, 6) is 1.38. The number of amides is 1. The molecule has 0 bridgehead atoms. The Labute approximate surface area is 176 Å². The monoisotopic (exact) mass is 447 g/mol. The molecule has 1 aliphatic rings. The third kappa shape index (κ3) is 3.40. The van der Waals surface area contributed by atoms with E-state index < -0.39 is 0 Å². The highest BCUT2D eigenvalue weighted by molar-refractivity contribution is 9.10. The summed E-state index contributed by atoms with van der Waals surface area (Å²) in [6.45, 7) is 1.31. The van der Waals surface area contributed by atoms with Crippen molar-refractivity contribution in [2.45, 2.75) is 13.0 Å². The van der Waals surface area contributed by atoms with E-state index in [1.54, 1.807) is 12.4 Å².